The molecule has 7 nitrogen and oxygen atoms in total. The largest absolute Gasteiger partial charge is 0.394 e. The first-order valence-corrected chi connectivity index (χ1v) is 13.8. The van der Waals surface area contributed by atoms with Gasteiger partial charge in [0.2, 0.25) is 5.79 Å². The minimum Gasteiger partial charge on any atom is -0.394 e. The molecule has 0 saturated carbocycles. The SMILES string of the molecule is OC[C@@H](O)[C@H]1O[C@@](O)(c2ccccc2)[C@@H](OCc2ccccc2)[C@@H](OCc2ccccc2)[C@@H]1OCc1ccccc1. The molecule has 1 heterocycles. The first-order chi connectivity index (χ1) is 20.1. The zero-order chi connectivity index (χ0) is 28.5. The van der Waals surface area contributed by atoms with Gasteiger partial charge >= 0.3 is 0 Å². The van der Waals surface area contributed by atoms with Crippen molar-refractivity contribution in [1.82, 2.24) is 0 Å². The maximum atomic E-state index is 12.3. The van der Waals surface area contributed by atoms with Crippen molar-refractivity contribution >= 4 is 0 Å². The van der Waals surface area contributed by atoms with Crippen molar-refractivity contribution < 1.29 is 34.3 Å². The molecule has 1 aliphatic heterocycles. The molecule has 6 atom stereocenters. The lowest BCUT2D eigenvalue weighted by molar-refractivity contribution is -0.384. The van der Waals surface area contributed by atoms with Gasteiger partial charge < -0.3 is 34.3 Å². The summed E-state index contributed by atoms with van der Waals surface area (Å²) in [5, 5.41) is 33.3. The molecule has 0 unspecified atom stereocenters. The number of ether oxygens (including phenoxy) is 4. The van der Waals surface area contributed by atoms with E-state index in [1.807, 2.05) is 97.1 Å². The molecule has 0 aromatic heterocycles. The van der Waals surface area contributed by atoms with E-state index in [0.717, 1.165) is 16.7 Å². The highest BCUT2D eigenvalue weighted by molar-refractivity contribution is 5.25. The Kier molecular flexibility index (Phi) is 9.92. The summed E-state index contributed by atoms with van der Waals surface area (Å²) in [6.07, 6.45) is -5.34. The Morgan fingerprint density at radius 3 is 1.49 bits per heavy atom. The third-order valence-electron chi connectivity index (χ3n) is 7.24. The molecule has 0 bridgehead atoms. The van der Waals surface area contributed by atoms with Crippen LogP contribution < -0.4 is 0 Å². The van der Waals surface area contributed by atoms with E-state index >= 15 is 0 Å². The fourth-order valence-corrected chi connectivity index (χ4v) is 5.11. The van der Waals surface area contributed by atoms with Crippen LogP contribution in [-0.2, 0) is 44.6 Å². The van der Waals surface area contributed by atoms with Crippen LogP contribution in [0.5, 0.6) is 0 Å². The van der Waals surface area contributed by atoms with Crippen LogP contribution in [0, 0.1) is 0 Å². The Balaban J connectivity index is 1.55. The Hall–Kier alpha value is -3.40. The van der Waals surface area contributed by atoms with E-state index in [-0.39, 0.29) is 19.8 Å². The third-order valence-corrected chi connectivity index (χ3v) is 7.24. The Morgan fingerprint density at radius 1 is 0.610 bits per heavy atom. The molecular formula is C34H36O7. The molecule has 1 fully saturated rings. The monoisotopic (exact) mass is 556 g/mol. The van der Waals surface area contributed by atoms with Crippen molar-refractivity contribution in [2.24, 2.45) is 0 Å². The highest BCUT2D eigenvalue weighted by Gasteiger charge is 2.58. The second kappa shape index (κ2) is 14.0. The summed E-state index contributed by atoms with van der Waals surface area (Å²) >= 11 is 0. The number of aliphatic hydroxyl groups excluding tert-OH is 2. The summed E-state index contributed by atoms with van der Waals surface area (Å²) < 4.78 is 25.7. The van der Waals surface area contributed by atoms with Crippen LogP contribution in [-0.4, -0.2) is 52.4 Å². The van der Waals surface area contributed by atoms with Gasteiger partial charge in [0.25, 0.3) is 0 Å². The Morgan fingerprint density at radius 2 is 1.02 bits per heavy atom. The van der Waals surface area contributed by atoms with Gasteiger partial charge in [-0.05, 0) is 16.7 Å². The average molecular weight is 557 g/mol. The molecule has 0 spiro atoms. The molecule has 4 aromatic carbocycles. The Labute approximate surface area is 240 Å². The third kappa shape index (κ3) is 7.09. The minimum absolute atomic E-state index is 0.174. The number of rotatable bonds is 12. The first-order valence-electron chi connectivity index (χ1n) is 13.8. The smallest absolute Gasteiger partial charge is 0.222 e. The van der Waals surface area contributed by atoms with Gasteiger partial charge in [-0.3, -0.25) is 0 Å². The summed E-state index contributed by atoms with van der Waals surface area (Å²) in [4.78, 5) is 0. The molecule has 0 aliphatic carbocycles. The first kappa shape index (κ1) is 29.1. The van der Waals surface area contributed by atoms with Gasteiger partial charge in [0, 0.05) is 5.56 Å². The summed E-state index contributed by atoms with van der Waals surface area (Å²) in [5.74, 6) is -2.02. The predicted octanol–water partition coefficient (Wildman–Crippen LogP) is 4.34. The molecular weight excluding hydrogens is 520 g/mol. The topological polar surface area (TPSA) is 97.6 Å². The van der Waals surface area contributed by atoms with Gasteiger partial charge in [-0.2, -0.15) is 0 Å². The highest BCUT2D eigenvalue weighted by Crippen LogP contribution is 2.42. The van der Waals surface area contributed by atoms with Gasteiger partial charge in [0.05, 0.1) is 26.4 Å². The number of hydrogen-bond donors (Lipinski definition) is 3. The molecule has 4 aromatic rings. The van der Waals surface area contributed by atoms with E-state index in [1.54, 1.807) is 24.3 Å². The van der Waals surface area contributed by atoms with Crippen LogP contribution in [0.1, 0.15) is 22.3 Å². The number of benzene rings is 4. The van der Waals surface area contributed by atoms with E-state index in [0.29, 0.717) is 5.56 Å². The zero-order valence-corrected chi connectivity index (χ0v) is 22.7. The zero-order valence-electron chi connectivity index (χ0n) is 22.7. The fraction of sp³-hybridized carbons (Fsp3) is 0.294. The predicted molar refractivity (Wildman–Crippen MR) is 153 cm³/mol. The number of hydrogen-bond acceptors (Lipinski definition) is 7. The van der Waals surface area contributed by atoms with Crippen molar-refractivity contribution in [1.29, 1.82) is 0 Å². The van der Waals surface area contributed by atoms with E-state index in [1.165, 1.54) is 0 Å². The van der Waals surface area contributed by atoms with Crippen molar-refractivity contribution in [2.45, 2.75) is 56.1 Å². The standard InChI is InChI=1S/C34H36O7/c35-21-29(36)30-31(38-22-25-13-5-1-6-14-25)32(39-23-26-15-7-2-8-16-26)33(40-24-27-17-9-3-10-18-27)34(37,41-30)28-19-11-4-12-20-28/h1-20,29-33,35-37H,21-24H2/t29-,30-,31-,32+,33+,34+/m1/s1. The van der Waals surface area contributed by atoms with Crippen LogP contribution >= 0.6 is 0 Å². The van der Waals surface area contributed by atoms with Gasteiger partial charge in [-0.15, -0.1) is 0 Å². The van der Waals surface area contributed by atoms with Crippen molar-refractivity contribution in [3.63, 3.8) is 0 Å². The maximum Gasteiger partial charge on any atom is 0.222 e. The molecule has 0 radical (unpaired) electrons. The molecule has 214 valence electrons. The molecule has 3 N–H and O–H groups in total. The van der Waals surface area contributed by atoms with Crippen LogP contribution in [0.2, 0.25) is 0 Å². The highest BCUT2D eigenvalue weighted by atomic mass is 16.7. The van der Waals surface area contributed by atoms with Crippen LogP contribution in [0.25, 0.3) is 0 Å². The van der Waals surface area contributed by atoms with E-state index < -0.39 is 42.9 Å². The van der Waals surface area contributed by atoms with Gasteiger partial charge in [0.1, 0.15) is 30.5 Å². The fourth-order valence-electron chi connectivity index (χ4n) is 5.11. The van der Waals surface area contributed by atoms with Gasteiger partial charge in [0.15, 0.2) is 0 Å². The lowest BCUT2D eigenvalue weighted by atomic mass is 9.86. The van der Waals surface area contributed by atoms with Crippen molar-refractivity contribution in [3.05, 3.63) is 144 Å². The second-order valence-electron chi connectivity index (χ2n) is 10.1. The summed E-state index contributed by atoms with van der Waals surface area (Å²) in [6, 6.07) is 37.8. The van der Waals surface area contributed by atoms with Gasteiger partial charge in [-0.25, -0.2) is 0 Å². The van der Waals surface area contributed by atoms with E-state index in [4.69, 9.17) is 18.9 Å². The quantitative estimate of drug-likeness (QED) is 0.239. The summed E-state index contributed by atoms with van der Waals surface area (Å²) in [6.45, 7) is -0.0197. The molecule has 0 amide bonds. The van der Waals surface area contributed by atoms with Gasteiger partial charge in [-0.1, -0.05) is 121 Å². The van der Waals surface area contributed by atoms with E-state index in [9.17, 15) is 15.3 Å². The molecule has 7 heteroatoms. The summed E-state index contributed by atoms with van der Waals surface area (Å²) in [5.41, 5.74) is 3.18. The van der Waals surface area contributed by atoms with Crippen LogP contribution in [0.4, 0.5) is 0 Å². The molecule has 1 aliphatic rings. The van der Waals surface area contributed by atoms with Crippen LogP contribution in [0.15, 0.2) is 121 Å². The molecule has 1 saturated heterocycles. The number of aliphatic hydroxyl groups is 3. The molecule has 5 rings (SSSR count). The lowest BCUT2D eigenvalue weighted by Gasteiger charge is -2.51. The summed E-state index contributed by atoms with van der Waals surface area (Å²) in [7, 11) is 0. The minimum atomic E-state index is -2.02. The lowest BCUT2D eigenvalue weighted by Crippen LogP contribution is -2.67. The normalized spacial score (nSPS) is 25.0. The van der Waals surface area contributed by atoms with Crippen molar-refractivity contribution in [3.8, 4) is 0 Å². The second-order valence-corrected chi connectivity index (χ2v) is 10.1. The average Bonchev–Trinajstić information content (AvgIpc) is 3.04. The van der Waals surface area contributed by atoms with E-state index in [2.05, 4.69) is 0 Å². The molecule has 41 heavy (non-hydrogen) atoms. The Bertz CT molecular complexity index is 1310. The maximum absolute atomic E-state index is 12.3. The van der Waals surface area contributed by atoms with Crippen LogP contribution in [0.3, 0.4) is 0 Å². The van der Waals surface area contributed by atoms with Crippen molar-refractivity contribution in [2.75, 3.05) is 6.61 Å².